The van der Waals surface area contributed by atoms with E-state index in [1.807, 2.05) is 24.3 Å². The van der Waals surface area contributed by atoms with Gasteiger partial charge in [0.1, 0.15) is 35.3 Å². The highest BCUT2D eigenvalue weighted by Gasteiger charge is 2.10. The predicted octanol–water partition coefficient (Wildman–Crippen LogP) is 5.00. The highest BCUT2D eigenvalue weighted by atomic mass is 79.9. The Kier molecular flexibility index (Phi) is 4.47. The molecule has 0 amide bonds. The Bertz CT molecular complexity index is 822. The summed E-state index contributed by atoms with van der Waals surface area (Å²) in [6, 6.07) is 12.7. The second-order valence-electron chi connectivity index (χ2n) is 4.61. The SMILES string of the molecule is Fc1cccc(F)c1Nc1cc(Nc2ccccc2Br)ncn1. The van der Waals surface area contributed by atoms with Gasteiger partial charge in [0, 0.05) is 10.5 Å². The molecule has 0 spiro atoms. The molecule has 0 radical (unpaired) electrons. The van der Waals surface area contributed by atoms with Gasteiger partial charge < -0.3 is 10.6 Å². The average Bonchev–Trinajstić information content (AvgIpc) is 2.54. The number of halogens is 3. The molecule has 2 N–H and O–H groups in total. The minimum atomic E-state index is -0.691. The first-order valence-electron chi connectivity index (χ1n) is 6.68. The van der Waals surface area contributed by atoms with E-state index in [0.29, 0.717) is 5.82 Å². The van der Waals surface area contributed by atoms with Gasteiger partial charge in [0.25, 0.3) is 0 Å². The summed E-state index contributed by atoms with van der Waals surface area (Å²) in [5, 5.41) is 5.73. The summed E-state index contributed by atoms with van der Waals surface area (Å²) in [5.74, 6) is -0.613. The van der Waals surface area contributed by atoms with Gasteiger partial charge in [0.05, 0.1) is 5.69 Å². The highest BCUT2D eigenvalue weighted by molar-refractivity contribution is 9.10. The number of para-hydroxylation sites is 2. The van der Waals surface area contributed by atoms with Crippen molar-refractivity contribution in [3.63, 3.8) is 0 Å². The van der Waals surface area contributed by atoms with E-state index in [2.05, 4.69) is 36.5 Å². The number of hydrogen-bond acceptors (Lipinski definition) is 4. The van der Waals surface area contributed by atoms with E-state index in [1.165, 1.54) is 24.5 Å². The fourth-order valence-corrected chi connectivity index (χ4v) is 2.32. The van der Waals surface area contributed by atoms with Crippen molar-refractivity contribution in [2.24, 2.45) is 0 Å². The first-order valence-corrected chi connectivity index (χ1v) is 7.47. The average molecular weight is 377 g/mol. The molecule has 2 aromatic carbocycles. The number of rotatable bonds is 4. The van der Waals surface area contributed by atoms with Gasteiger partial charge in [-0.3, -0.25) is 0 Å². The van der Waals surface area contributed by atoms with Crippen LogP contribution in [0.3, 0.4) is 0 Å². The molecule has 116 valence electrons. The molecule has 0 bridgehead atoms. The molecular formula is C16H11BrF2N4. The topological polar surface area (TPSA) is 49.8 Å². The van der Waals surface area contributed by atoms with E-state index >= 15 is 0 Å². The third-order valence-electron chi connectivity index (χ3n) is 3.02. The van der Waals surface area contributed by atoms with Crippen LogP contribution in [0.15, 0.2) is 59.3 Å². The van der Waals surface area contributed by atoms with E-state index in [-0.39, 0.29) is 11.5 Å². The van der Waals surface area contributed by atoms with Gasteiger partial charge in [0.2, 0.25) is 0 Å². The van der Waals surface area contributed by atoms with Gasteiger partial charge in [-0.15, -0.1) is 0 Å². The zero-order valence-corrected chi connectivity index (χ0v) is 13.3. The molecule has 0 atom stereocenters. The quantitative estimate of drug-likeness (QED) is 0.672. The summed E-state index contributed by atoms with van der Waals surface area (Å²) in [5.41, 5.74) is 0.562. The van der Waals surface area contributed by atoms with Crippen LogP contribution in [-0.4, -0.2) is 9.97 Å². The molecule has 23 heavy (non-hydrogen) atoms. The molecule has 0 aliphatic rings. The molecule has 0 saturated carbocycles. The Morgan fingerprint density at radius 2 is 1.48 bits per heavy atom. The Labute approximate surface area is 139 Å². The summed E-state index contributed by atoms with van der Waals surface area (Å²) in [4.78, 5) is 8.07. The Hall–Kier alpha value is -2.54. The summed E-state index contributed by atoms with van der Waals surface area (Å²) >= 11 is 3.42. The number of aromatic nitrogens is 2. The maximum Gasteiger partial charge on any atom is 0.149 e. The van der Waals surface area contributed by atoms with Crippen molar-refractivity contribution in [3.05, 3.63) is 71.0 Å². The first kappa shape index (κ1) is 15.4. The van der Waals surface area contributed by atoms with Crippen molar-refractivity contribution >= 4 is 38.9 Å². The van der Waals surface area contributed by atoms with E-state index in [4.69, 9.17) is 0 Å². The van der Waals surface area contributed by atoms with E-state index in [9.17, 15) is 8.78 Å². The fraction of sp³-hybridized carbons (Fsp3) is 0. The highest BCUT2D eigenvalue weighted by Crippen LogP contribution is 2.26. The summed E-state index contributed by atoms with van der Waals surface area (Å²) < 4.78 is 28.2. The van der Waals surface area contributed by atoms with E-state index < -0.39 is 11.6 Å². The zero-order chi connectivity index (χ0) is 16.2. The molecule has 0 aliphatic heterocycles. The molecule has 1 heterocycles. The van der Waals surface area contributed by atoms with Crippen molar-refractivity contribution in [1.29, 1.82) is 0 Å². The van der Waals surface area contributed by atoms with Gasteiger partial charge in [-0.25, -0.2) is 18.7 Å². The van der Waals surface area contributed by atoms with Gasteiger partial charge in [0.15, 0.2) is 0 Å². The monoisotopic (exact) mass is 376 g/mol. The molecule has 3 rings (SSSR count). The van der Waals surface area contributed by atoms with Crippen molar-refractivity contribution in [1.82, 2.24) is 9.97 Å². The maximum atomic E-state index is 13.7. The lowest BCUT2D eigenvalue weighted by Gasteiger charge is -2.10. The van der Waals surface area contributed by atoms with Gasteiger partial charge >= 0.3 is 0 Å². The lowest BCUT2D eigenvalue weighted by molar-refractivity contribution is 0.590. The van der Waals surface area contributed by atoms with Crippen molar-refractivity contribution < 1.29 is 8.78 Å². The van der Waals surface area contributed by atoms with Gasteiger partial charge in [-0.1, -0.05) is 18.2 Å². The molecule has 0 aliphatic carbocycles. The van der Waals surface area contributed by atoms with Crippen molar-refractivity contribution in [2.45, 2.75) is 0 Å². The van der Waals surface area contributed by atoms with Crippen LogP contribution in [0.1, 0.15) is 0 Å². The number of anilines is 4. The number of benzene rings is 2. The fourth-order valence-electron chi connectivity index (χ4n) is 1.94. The molecule has 0 fully saturated rings. The smallest absolute Gasteiger partial charge is 0.149 e. The normalized spacial score (nSPS) is 10.4. The Morgan fingerprint density at radius 3 is 2.17 bits per heavy atom. The van der Waals surface area contributed by atoms with Crippen LogP contribution in [0.5, 0.6) is 0 Å². The Balaban J connectivity index is 1.84. The lowest BCUT2D eigenvalue weighted by atomic mass is 10.3. The summed E-state index contributed by atoms with van der Waals surface area (Å²) in [6.07, 6.45) is 1.31. The van der Waals surface area contributed by atoms with E-state index in [0.717, 1.165) is 10.2 Å². The van der Waals surface area contributed by atoms with Crippen molar-refractivity contribution in [2.75, 3.05) is 10.6 Å². The number of hydrogen-bond donors (Lipinski definition) is 2. The van der Waals surface area contributed by atoms with Crippen LogP contribution in [0.2, 0.25) is 0 Å². The van der Waals surface area contributed by atoms with Gasteiger partial charge in [-0.05, 0) is 40.2 Å². The molecule has 0 unspecified atom stereocenters. The van der Waals surface area contributed by atoms with Crippen LogP contribution < -0.4 is 10.6 Å². The molecule has 4 nitrogen and oxygen atoms in total. The van der Waals surface area contributed by atoms with Crippen molar-refractivity contribution in [3.8, 4) is 0 Å². The standard InChI is InChI=1S/C16H11BrF2N4/c17-10-4-1-2-7-13(10)22-14-8-15(21-9-20-14)23-16-11(18)5-3-6-12(16)19/h1-9H,(H2,20,21,22,23). The van der Waals surface area contributed by atoms with Crippen LogP contribution >= 0.6 is 15.9 Å². The summed E-state index contributed by atoms with van der Waals surface area (Å²) in [6.45, 7) is 0. The lowest BCUT2D eigenvalue weighted by Crippen LogP contribution is -2.01. The summed E-state index contributed by atoms with van der Waals surface area (Å²) in [7, 11) is 0. The second kappa shape index (κ2) is 6.70. The molecule has 7 heteroatoms. The van der Waals surface area contributed by atoms with Crippen LogP contribution in [0.4, 0.5) is 31.8 Å². The van der Waals surface area contributed by atoms with Crippen LogP contribution in [-0.2, 0) is 0 Å². The third kappa shape index (κ3) is 3.62. The second-order valence-corrected chi connectivity index (χ2v) is 5.47. The molecule has 0 saturated heterocycles. The molecule has 1 aromatic heterocycles. The first-order chi connectivity index (χ1) is 11.1. The van der Waals surface area contributed by atoms with Crippen LogP contribution in [0, 0.1) is 11.6 Å². The third-order valence-corrected chi connectivity index (χ3v) is 3.71. The Morgan fingerprint density at radius 1 is 0.826 bits per heavy atom. The maximum absolute atomic E-state index is 13.7. The minimum absolute atomic E-state index is 0.252. The van der Waals surface area contributed by atoms with Gasteiger partial charge in [-0.2, -0.15) is 0 Å². The number of nitrogens with one attached hydrogen (secondary N) is 2. The zero-order valence-electron chi connectivity index (χ0n) is 11.7. The molecular weight excluding hydrogens is 366 g/mol. The predicted molar refractivity (Wildman–Crippen MR) is 89.1 cm³/mol. The largest absolute Gasteiger partial charge is 0.339 e. The number of nitrogens with zero attached hydrogens (tertiary/aromatic N) is 2. The molecule has 3 aromatic rings. The van der Waals surface area contributed by atoms with E-state index in [1.54, 1.807) is 6.07 Å². The van der Waals surface area contributed by atoms with Crippen LogP contribution in [0.25, 0.3) is 0 Å². The minimum Gasteiger partial charge on any atom is -0.339 e.